The van der Waals surface area contributed by atoms with E-state index in [0.29, 0.717) is 11.3 Å². The Bertz CT molecular complexity index is 665. The molecule has 0 saturated carbocycles. The van der Waals surface area contributed by atoms with E-state index in [1.165, 1.54) is 6.21 Å². The summed E-state index contributed by atoms with van der Waals surface area (Å²) in [4.78, 5) is 16.1. The molecule has 0 spiro atoms. The van der Waals surface area contributed by atoms with Crippen LogP contribution in [0.2, 0.25) is 0 Å². The van der Waals surface area contributed by atoms with Crippen LogP contribution in [0.15, 0.2) is 4.99 Å². The van der Waals surface area contributed by atoms with Crippen molar-refractivity contribution in [3.05, 3.63) is 17.0 Å². The Morgan fingerprint density at radius 1 is 1.42 bits per heavy atom. The maximum Gasteiger partial charge on any atom is 0.359 e. The first-order chi connectivity index (χ1) is 8.59. The van der Waals surface area contributed by atoms with Gasteiger partial charge >= 0.3 is 5.97 Å². The number of hydrogen-bond donors (Lipinski definition) is 0. The average Bonchev–Trinajstić information content (AvgIpc) is 2.69. The van der Waals surface area contributed by atoms with Gasteiger partial charge in [0.15, 0.2) is 5.69 Å². The lowest BCUT2D eigenvalue weighted by molar-refractivity contribution is 0.00605. The summed E-state index contributed by atoms with van der Waals surface area (Å²) in [6, 6.07) is 0. The second kappa shape index (κ2) is 4.16. The molecule has 7 nitrogen and oxygen atoms in total. The fourth-order valence-electron chi connectivity index (χ4n) is 1.68. The monoisotopic (exact) mass is 285 g/mol. The number of aromatic nitrogens is 2. The fourth-order valence-corrected chi connectivity index (χ4v) is 2.43. The SMILES string of the molecule is CC(C)(C)OC(=O)c1c2c(nn1S(C)(=O)=O)CN=C2. The molecule has 0 N–H and O–H groups in total. The molecule has 0 radical (unpaired) electrons. The molecule has 0 fully saturated rings. The Hall–Kier alpha value is -1.70. The summed E-state index contributed by atoms with van der Waals surface area (Å²) in [5.74, 6) is -0.722. The van der Waals surface area contributed by atoms with Gasteiger partial charge in [0.05, 0.1) is 24.1 Å². The van der Waals surface area contributed by atoms with E-state index >= 15 is 0 Å². The fraction of sp³-hybridized carbons (Fsp3) is 0.545. The number of rotatable bonds is 2. The van der Waals surface area contributed by atoms with Crippen LogP contribution in [0.3, 0.4) is 0 Å². The lowest BCUT2D eigenvalue weighted by Gasteiger charge is -2.19. The summed E-state index contributed by atoms with van der Waals surface area (Å²) < 4.78 is 29.3. The number of carbonyl (C=O) groups is 1. The van der Waals surface area contributed by atoms with Crippen molar-refractivity contribution < 1.29 is 17.9 Å². The molecular formula is C11H15N3O4S. The van der Waals surface area contributed by atoms with Gasteiger partial charge in [-0.15, -0.1) is 4.09 Å². The maximum absolute atomic E-state index is 12.1. The first-order valence-corrected chi connectivity index (χ1v) is 7.50. The highest BCUT2D eigenvalue weighted by atomic mass is 32.2. The van der Waals surface area contributed by atoms with Crippen LogP contribution in [0, 0.1) is 0 Å². The predicted octanol–water partition coefficient (Wildman–Crippen LogP) is 0.579. The van der Waals surface area contributed by atoms with Crippen LogP contribution in [0.4, 0.5) is 0 Å². The third kappa shape index (κ3) is 2.67. The number of esters is 1. The second-order valence-corrected chi connectivity index (χ2v) is 7.10. The van der Waals surface area contributed by atoms with E-state index in [1.54, 1.807) is 20.8 Å². The lowest BCUT2D eigenvalue weighted by atomic mass is 10.2. The van der Waals surface area contributed by atoms with Crippen LogP contribution in [0.5, 0.6) is 0 Å². The standard InChI is InChI=1S/C11H15N3O4S/c1-11(2,3)18-10(15)9-7-5-12-6-8(7)13-14(9)19(4,16)17/h5H,6H2,1-4H3. The van der Waals surface area contributed by atoms with Gasteiger partial charge in [-0.05, 0) is 20.8 Å². The molecule has 0 saturated heterocycles. The van der Waals surface area contributed by atoms with Crippen LogP contribution in [0.1, 0.15) is 42.5 Å². The van der Waals surface area contributed by atoms with Gasteiger partial charge in [0, 0.05) is 6.21 Å². The zero-order chi connectivity index (χ0) is 14.4. The molecule has 1 aliphatic heterocycles. The zero-order valence-electron chi connectivity index (χ0n) is 11.2. The number of carbonyl (C=O) groups excluding carboxylic acids is 1. The van der Waals surface area contributed by atoms with Gasteiger partial charge in [-0.3, -0.25) is 4.99 Å². The van der Waals surface area contributed by atoms with Crippen LogP contribution in [-0.4, -0.2) is 41.6 Å². The number of nitrogens with zero attached hydrogens (tertiary/aromatic N) is 3. The Labute approximate surface area is 111 Å². The van der Waals surface area contributed by atoms with Crippen LogP contribution in [-0.2, 0) is 21.3 Å². The van der Waals surface area contributed by atoms with E-state index in [-0.39, 0.29) is 12.2 Å². The van der Waals surface area contributed by atoms with E-state index in [2.05, 4.69) is 10.1 Å². The average molecular weight is 285 g/mol. The predicted molar refractivity (Wildman–Crippen MR) is 68.9 cm³/mol. The molecule has 0 aromatic carbocycles. The Morgan fingerprint density at radius 2 is 2.05 bits per heavy atom. The van der Waals surface area contributed by atoms with Crippen molar-refractivity contribution in [3.8, 4) is 0 Å². The molecule has 0 bridgehead atoms. The minimum Gasteiger partial charge on any atom is -0.455 e. The third-order valence-electron chi connectivity index (χ3n) is 2.34. The smallest absolute Gasteiger partial charge is 0.359 e. The highest BCUT2D eigenvalue weighted by Crippen LogP contribution is 2.22. The lowest BCUT2D eigenvalue weighted by Crippen LogP contribution is -2.28. The molecule has 8 heteroatoms. The molecule has 1 aromatic heterocycles. The van der Waals surface area contributed by atoms with Gasteiger partial charge < -0.3 is 4.74 Å². The van der Waals surface area contributed by atoms with Gasteiger partial charge in [-0.25, -0.2) is 13.2 Å². The molecule has 19 heavy (non-hydrogen) atoms. The number of hydrogen-bond acceptors (Lipinski definition) is 6. The first kappa shape index (κ1) is 13.7. The Morgan fingerprint density at radius 3 is 2.58 bits per heavy atom. The van der Waals surface area contributed by atoms with E-state index in [1.807, 2.05) is 0 Å². The van der Waals surface area contributed by atoms with Crippen molar-refractivity contribution in [2.45, 2.75) is 32.9 Å². The summed E-state index contributed by atoms with van der Waals surface area (Å²) in [7, 11) is -3.67. The van der Waals surface area contributed by atoms with Gasteiger partial charge in [-0.1, -0.05) is 0 Å². The van der Waals surface area contributed by atoms with E-state index < -0.39 is 21.6 Å². The molecule has 0 atom stereocenters. The summed E-state index contributed by atoms with van der Waals surface area (Å²) >= 11 is 0. The molecule has 0 aliphatic carbocycles. The van der Waals surface area contributed by atoms with Gasteiger partial charge in [0.2, 0.25) is 0 Å². The molecule has 1 aliphatic rings. The quantitative estimate of drug-likeness (QED) is 0.741. The number of ether oxygens (including phenoxy) is 1. The van der Waals surface area contributed by atoms with Crippen molar-refractivity contribution >= 4 is 22.2 Å². The third-order valence-corrected chi connectivity index (χ3v) is 3.23. The highest BCUT2D eigenvalue weighted by Gasteiger charge is 2.31. The Balaban J connectivity index is 2.56. The summed E-state index contributed by atoms with van der Waals surface area (Å²) in [6.07, 6.45) is 2.43. The maximum atomic E-state index is 12.1. The van der Waals surface area contributed by atoms with Crippen LogP contribution >= 0.6 is 0 Å². The van der Waals surface area contributed by atoms with Crippen molar-refractivity contribution in [1.82, 2.24) is 9.19 Å². The van der Waals surface area contributed by atoms with Crippen LogP contribution in [0.25, 0.3) is 0 Å². The first-order valence-electron chi connectivity index (χ1n) is 5.65. The molecular weight excluding hydrogens is 270 g/mol. The number of fused-ring (bicyclic) bond motifs is 1. The zero-order valence-corrected chi connectivity index (χ0v) is 12.0. The normalized spacial score (nSPS) is 14.5. The van der Waals surface area contributed by atoms with Gasteiger partial charge in [-0.2, -0.15) is 5.10 Å². The number of aliphatic imine (C=N–C) groups is 1. The van der Waals surface area contributed by atoms with Crippen molar-refractivity contribution in [2.24, 2.45) is 4.99 Å². The molecule has 0 unspecified atom stereocenters. The summed E-state index contributed by atoms with van der Waals surface area (Å²) in [5.41, 5.74) is 0.0754. The Kier molecular flexibility index (Phi) is 3.00. The molecule has 104 valence electrons. The van der Waals surface area contributed by atoms with Crippen molar-refractivity contribution in [2.75, 3.05) is 6.26 Å². The molecule has 1 aromatic rings. The largest absolute Gasteiger partial charge is 0.455 e. The minimum absolute atomic E-state index is 0.0892. The molecule has 2 heterocycles. The van der Waals surface area contributed by atoms with Gasteiger partial charge in [0.1, 0.15) is 5.60 Å². The summed E-state index contributed by atoms with van der Waals surface area (Å²) in [6.45, 7) is 5.40. The molecule has 0 amide bonds. The summed E-state index contributed by atoms with van der Waals surface area (Å²) in [5, 5.41) is 3.92. The highest BCUT2D eigenvalue weighted by molar-refractivity contribution is 7.89. The van der Waals surface area contributed by atoms with Gasteiger partial charge in [0.25, 0.3) is 10.0 Å². The van der Waals surface area contributed by atoms with E-state index in [4.69, 9.17) is 4.74 Å². The van der Waals surface area contributed by atoms with Crippen LogP contribution < -0.4 is 0 Å². The van der Waals surface area contributed by atoms with Crippen molar-refractivity contribution in [3.63, 3.8) is 0 Å². The van der Waals surface area contributed by atoms with Crippen molar-refractivity contribution in [1.29, 1.82) is 0 Å². The minimum atomic E-state index is -3.67. The second-order valence-electron chi connectivity index (χ2n) is 5.29. The molecule has 2 rings (SSSR count). The topological polar surface area (TPSA) is 90.6 Å². The van der Waals surface area contributed by atoms with E-state index in [0.717, 1.165) is 10.3 Å². The van der Waals surface area contributed by atoms with E-state index in [9.17, 15) is 13.2 Å².